The zero-order valence-corrected chi connectivity index (χ0v) is 14.9. The predicted octanol–water partition coefficient (Wildman–Crippen LogP) is 1.31. The number of hydrogen-bond donors (Lipinski definition) is 3. The Labute approximate surface area is 160 Å². The van der Waals surface area contributed by atoms with Crippen molar-refractivity contribution in [1.82, 2.24) is 9.88 Å². The van der Waals surface area contributed by atoms with E-state index in [0.29, 0.717) is 0 Å². The maximum atomic E-state index is 10.6. The van der Waals surface area contributed by atoms with Gasteiger partial charge in [-0.2, -0.15) is 26.3 Å². The van der Waals surface area contributed by atoms with Crippen LogP contribution in [0.1, 0.15) is 11.7 Å². The summed E-state index contributed by atoms with van der Waals surface area (Å²) < 4.78 is 73.8. The van der Waals surface area contributed by atoms with Gasteiger partial charge in [-0.3, -0.25) is 4.90 Å². The van der Waals surface area contributed by atoms with Crippen LogP contribution >= 0.6 is 0 Å². The highest BCUT2D eigenvalue weighted by Gasteiger charge is 2.39. The van der Waals surface area contributed by atoms with Gasteiger partial charge in [-0.25, -0.2) is 14.6 Å². The molecule has 9 nitrogen and oxygen atoms in total. The zero-order valence-electron chi connectivity index (χ0n) is 14.9. The largest absolute Gasteiger partial charge is 0.490 e. The molecule has 4 N–H and O–H groups in total. The molecule has 15 heteroatoms. The number of likely N-dealkylation sites (tertiary alicyclic amines) is 1. The van der Waals surface area contributed by atoms with E-state index in [-0.39, 0.29) is 12.0 Å². The summed E-state index contributed by atoms with van der Waals surface area (Å²) in [6, 6.07) is 0.134. The number of halogens is 6. The van der Waals surface area contributed by atoms with Crippen molar-refractivity contribution in [3.8, 4) is 0 Å². The smallest absolute Gasteiger partial charge is 0.475 e. The highest BCUT2D eigenvalue weighted by molar-refractivity contribution is 5.73. The fourth-order valence-electron chi connectivity index (χ4n) is 2.03. The number of aliphatic carboxylic acids is 2. The molecule has 168 valence electrons. The van der Waals surface area contributed by atoms with E-state index in [1.807, 2.05) is 0 Å². The van der Waals surface area contributed by atoms with Gasteiger partial charge in [0, 0.05) is 38.7 Å². The Bertz CT molecular complexity index is 598. The summed E-state index contributed by atoms with van der Waals surface area (Å²) in [6.07, 6.45) is -6.95. The summed E-state index contributed by atoms with van der Waals surface area (Å²) in [5.41, 5.74) is 6.06. The van der Waals surface area contributed by atoms with Gasteiger partial charge in [0.15, 0.2) is 6.39 Å². The van der Waals surface area contributed by atoms with Crippen LogP contribution in [0.4, 0.5) is 26.3 Å². The lowest BCUT2D eigenvalue weighted by atomic mass is 10.0. The molecule has 0 spiro atoms. The minimum Gasteiger partial charge on any atom is -0.475 e. The third-order valence-corrected chi connectivity index (χ3v) is 3.35. The first kappa shape index (κ1) is 26.6. The van der Waals surface area contributed by atoms with E-state index in [9.17, 15) is 26.3 Å². The molecule has 2 rings (SSSR count). The molecule has 2 atom stereocenters. The van der Waals surface area contributed by atoms with Crippen LogP contribution in [0, 0.1) is 0 Å². The Morgan fingerprint density at radius 1 is 1.21 bits per heavy atom. The number of alkyl halides is 6. The first-order chi connectivity index (χ1) is 13.2. The van der Waals surface area contributed by atoms with Gasteiger partial charge in [-0.1, -0.05) is 0 Å². The molecule has 1 aliphatic heterocycles. The predicted molar refractivity (Wildman–Crippen MR) is 82.9 cm³/mol. The van der Waals surface area contributed by atoms with Crippen molar-refractivity contribution in [2.45, 2.75) is 24.3 Å². The Hall–Kier alpha value is -2.39. The molecule has 0 unspecified atom stereocenters. The van der Waals surface area contributed by atoms with Crippen molar-refractivity contribution in [3.05, 3.63) is 18.4 Å². The lowest BCUT2D eigenvalue weighted by molar-refractivity contribution is -0.193. The second-order valence-electron chi connectivity index (χ2n) is 5.53. The average molecular weight is 439 g/mol. The van der Waals surface area contributed by atoms with Gasteiger partial charge in [0.1, 0.15) is 5.76 Å². The molecular weight excluding hydrogens is 420 g/mol. The normalized spacial score (nSPS) is 19.6. The Morgan fingerprint density at radius 2 is 1.69 bits per heavy atom. The number of carboxylic acids is 2. The van der Waals surface area contributed by atoms with Crippen molar-refractivity contribution >= 4 is 11.9 Å². The van der Waals surface area contributed by atoms with Gasteiger partial charge < -0.3 is 25.1 Å². The third-order valence-electron chi connectivity index (χ3n) is 3.35. The van der Waals surface area contributed by atoms with Crippen molar-refractivity contribution in [1.29, 1.82) is 0 Å². The molecule has 1 aromatic rings. The van der Waals surface area contributed by atoms with Crippen molar-refractivity contribution in [2.75, 3.05) is 33.4 Å². The third kappa shape index (κ3) is 10.7. The number of aromatic nitrogens is 1. The average Bonchev–Trinajstić information content (AvgIpc) is 3.21. The second-order valence-corrected chi connectivity index (χ2v) is 5.53. The van der Waals surface area contributed by atoms with Crippen LogP contribution in [-0.2, 0) is 14.3 Å². The summed E-state index contributed by atoms with van der Waals surface area (Å²) in [7, 11) is 1.71. The lowest BCUT2D eigenvalue weighted by Crippen LogP contribution is -2.30. The fourth-order valence-corrected chi connectivity index (χ4v) is 2.03. The van der Waals surface area contributed by atoms with Gasteiger partial charge >= 0.3 is 24.3 Å². The minimum absolute atomic E-state index is 0.134. The van der Waals surface area contributed by atoms with Gasteiger partial charge in [-0.15, -0.1) is 0 Å². The molecule has 0 amide bonds. The number of nitrogens with zero attached hydrogens (tertiary/aromatic N) is 2. The highest BCUT2D eigenvalue weighted by atomic mass is 19.4. The lowest BCUT2D eigenvalue weighted by Gasteiger charge is -2.13. The summed E-state index contributed by atoms with van der Waals surface area (Å²) >= 11 is 0. The SMILES string of the molecule is COCCN1C[C@@H](N)[C@H](c2cnco2)C1.O=C(O)C(F)(F)F.O=C(O)C(F)(F)F. The Kier molecular flexibility index (Phi) is 10.6. The van der Waals surface area contributed by atoms with Gasteiger partial charge in [-0.05, 0) is 0 Å². The van der Waals surface area contributed by atoms with Crippen LogP contribution in [-0.4, -0.2) is 83.8 Å². The number of rotatable bonds is 4. The van der Waals surface area contributed by atoms with E-state index in [2.05, 4.69) is 9.88 Å². The van der Waals surface area contributed by atoms with E-state index in [0.717, 1.165) is 32.0 Å². The maximum Gasteiger partial charge on any atom is 0.490 e. The van der Waals surface area contributed by atoms with Crippen molar-refractivity contribution < 1.29 is 55.3 Å². The van der Waals surface area contributed by atoms with Gasteiger partial charge in [0.25, 0.3) is 0 Å². The Balaban J connectivity index is 0.000000473. The molecule has 29 heavy (non-hydrogen) atoms. The molecule has 1 aliphatic rings. The molecule has 0 bridgehead atoms. The number of ether oxygens (including phenoxy) is 1. The summed E-state index contributed by atoms with van der Waals surface area (Å²) in [5, 5.41) is 14.2. The standard InChI is InChI=1S/C10H17N3O2.2C2HF3O2/c1-14-3-2-13-5-8(9(11)6-13)10-4-12-7-15-10;2*3-2(4,5)1(6)7/h4,7-9H,2-3,5-6,11H2,1H3;2*(H,6,7)/t8-,9-;;/m1../s1. The molecule has 2 heterocycles. The van der Waals surface area contributed by atoms with E-state index in [1.165, 1.54) is 6.39 Å². The maximum absolute atomic E-state index is 10.6. The molecule has 0 aromatic carbocycles. The molecule has 1 saturated heterocycles. The minimum atomic E-state index is -5.08. The van der Waals surface area contributed by atoms with Crippen LogP contribution in [0.3, 0.4) is 0 Å². The number of methoxy groups -OCH3 is 1. The molecular formula is C14H19F6N3O6. The van der Waals surface area contributed by atoms with Crippen molar-refractivity contribution in [3.63, 3.8) is 0 Å². The highest BCUT2D eigenvalue weighted by Crippen LogP contribution is 2.25. The fraction of sp³-hybridized carbons (Fsp3) is 0.643. The van der Waals surface area contributed by atoms with Crippen LogP contribution in [0.5, 0.6) is 0 Å². The van der Waals surface area contributed by atoms with Gasteiger partial charge in [0.2, 0.25) is 0 Å². The molecule has 0 saturated carbocycles. The topological polar surface area (TPSA) is 139 Å². The van der Waals surface area contributed by atoms with E-state index >= 15 is 0 Å². The van der Waals surface area contributed by atoms with E-state index in [1.54, 1.807) is 13.3 Å². The molecule has 0 radical (unpaired) electrons. The quantitative estimate of drug-likeness (QED) is 0.593. The van der Waals surface area contributed by atoms with Crippen molar-refractivity contribution in [2.24, 2.45) is 5.73 Å². The van der Waals surface area contributed by atoms with E-state index < -0.39 is 24.3 Å². The zero-order chi connectivity index (χ0) is 22.8. The molecule has 1 aromatic heterocycles. The van der Waals surface area contributed by atoms with Crippen LogP contribution in [0.15, 0.2) is 17.0 Å². The van der Waals surface area contributed by atoms with E-state index in [4.69, 9.17) is 34.7 Å². The van der Waals surface area contributed by atoms with Crippen LogP contribution < -0.4 is 5.73 Å². The number of nitrogens with two attached hydrogens (primary N) is 1. The first-order valence-electron chi connectivity index (χ1n) is 7.65. The Morgan fingerprint density at radius 3 is 2.03 bits per heavy atom. The second kappa shape index (κ2) is 11.6. The number of oxazole rings is 1. The van der Waals surface area contributed by atoms with Crippen LogP contribution in [0.2, 0.25) is 0 Å². The monoisotopic (exact) mass is 439 g/mol. The summed E-state index contributed by atoms with van der Waals surface area (Å²) in [6.45, 7) is 3.50. The molecule has 0 aliphatic carbocycles. The number of hydrogen-bond acceptors (Lipinski definition) is 7. The first-order valence-corrected chi connectivity index (χ1v) is 7.65. The number of carboxylic acid groups (broad SMARTS) is 2. The summed E-state index contributed by atoms with van der Waals surface area (Å²) in [4.78, 5) is 24.0. The van der Waals surface area contributed by atoms with Gasteiger partial charge in [0.05, 0.1) is 12.8 Å². The number of carbonyl (C=O) groups is 2. The summed E-state index contributed by atoms with van der Waals surface area (Å²) in [5.74, 6) is -4.35. The molecule has 1 fully saturated rings. The van der Waals surface area contributed by atoms with Crippen LogP contribution in [0.25, 0.3) is 0 Å².